The van der Waals surface area contributed by atoms with Gasteiger partial charge in [0.25, 0.3) is 17.1 Å². The van der Waals surface area contributed by atoms with Crippen LogP contribution in [0.4, 0.5) is 4.79 Å². The minimum atomic E-state index is -0.384. The molecule has 1 N–H and O–H groups in total. The summed E-state index contributed by atoms with van der Waals surface area (Å²) in [6.45, 7) is 2.03. The van der Waals surface area contributed by atoms with Gasteiger partial charge < -0.3 is 9.73 Å². The first-order valence-electron chi connectivity index (χ1n) is 10.4. The zero-order valence-corrected chi connectivity index (χ0v) is 18.5. The summed E-state index contributed by atoms with van der Waals surface area (Å²) >= 11 is 0.878. The summed E-state index contributed by atoms with van der Waals surface area (Å²) in [6, 6.07) is 15.3. The molecule has 164 valence electrons. The molecule has 3 amide bonds. The molecule has 1 saturated heterocycles. The average molecular weight is 458 g/mol. The second kappa shape index (κ2) is 8.55. The van der Waals surface area contributed by atoms with E-state index in [-0.39, 0.29) is 35.9 Å². The van der Waals surface area contributed by atoms with Crippen molar-refractivity contribution in [3.05, 3.63) is 82.7 Å². The van der Waals surface area contributed by atoms with Crippen LogP contribution in [0.1, 0.15) is 21.7 Å². The predicted molar refractivity (Wildman–Crippen MR) is 128 cm³/mol. The topological polar surface area (TPSA) is 92.5 Å². The molecule has 1 fully saturated rings. The fourth-order valence-electron chi connectivity index (χ4n) is 3.83. The third-order valence-electron chi connectivity index (χ3n) is 5.51. The van der Waals surface area contributed by atoms with E-state index in [0.29, 0.717) is 10.5 Å². The Kier molecular flexibility index (Phi) is 5.43. The Balaban J connectivity index is 1.28. The highest BCUT2D eigenvalue weighted by Gasteiger charge is 2.34. The number of carbonyl (C=O) groups excluding carboxylic acids is 3. The summed E-state index contributed by atoms with van der Waals surface area (Å²) < 4.78 is 5.94. The number of imide groups is 1. The van der Waals surface area contributed by atoms with Crippen molar-refractivity contribution in [3.8, 4) is 0 Å². The van der Waals surface area contributed by atoms with Crippen molar-refractivity contribution in [2.45, 2.75) is 6.92 Å². The molecular weight excluding hydrogens is 438 g/mol. The standard InChI is InChI=1S/C25H19N3O4S/c1-15-18-9-8-17-6-2-3-7-19(17)22(18)32-21(15)23(29)27-11-12-28-24(30)20(33-25(28)31)13-16-5-4-10-26-14-16/h2-10,13-14H,11-12H2,1H3,(H,27,29)/b20-13+. The van der Waals surface area contributed by atoms with E-state index in [9.17, 15) is 14.4 Å². The number of benzene rings is 2. The van der Waals surface area contributed by atoms with Crippen LogP contribution in [-0.2, 0) is 4.79 Å². The van der Waals surface area contributed by atoms with Crippen LogP contribution in [0.2, 0.25) is 0 Å². The molecule has 33 heavy (non-hydrogen) atoms. The van der Waals surface area contributed by atoms with Gasteiger partial charge >= 0.3 is 0 Å². The Labute approximate surface area is 193 Å². The first-order valence-corrected chi connectivity index (χ1v) is 11.2. The molecule has 0 unspecified atom stereocenters. The first-order chi connectivity index (χ1) is 16.0. The van der Waals surface area contributed by atoms with E-state index in [4.69, 9.17) is 4.42 Å². The molecule has 8 heteroatoms. The molecule has 0 atom stereocenters. The van der Waals surface area contributed by atoms with Gasteiger partial charge in [-0.25, -0.2) is 0 Å². The summed E-state index contributed by atoms with van der Waals surface area (Å²) in [6.07, 6.45) is 4.89. The molecule has 7 nitrogen and oxygen atoms in total. The van der Waals surface area contributed by atoms with Crippen molar-refractivity contribution < 1.29 is 18.8 Å². The molecule has 0 aliphatic carbocycles. The number of carbonyl (C=O) groups is 3. The Morgan fingerprint density at radius 1 is 1.12 bits per heavy atom. The number of nitrogens with one attached hydrogen (secondary N) is 1. The van der Waals surface area contributed by atoms with Gasteiger partial charge in [0.05, 0.1) is 4.91 Å². The summed E-state index contributed by atoms with van der Waals surface area (Å²) in [5.41, 5.74) is 2.16. The van der Waals surface area contributed by atoms with Crippen LogP contribution in [0.15, 0.2) is 70.2 Å². The third kappa shape index (κ3) is 3.89. The monoisotopic (exact) mass is 457 g/mol. The summed E-state index contributed by atoms with van der Waals surface area (Å²) in [7, 11) is 0. The number of hydrogen-bond donors (Lipinski definition) is 1. The Morgan fingerprint density at radius 2 is 1.97 bits per heavy atom. The van der Waals surface area contributed by atoms with Gasteiger partial charge in [-0.05, 0) is 41.8 Å². The number of rotatable bonds is 5. The van der Waals surface area contributed by atoms with Gasteiger partial charge in [0, 0.05) is 41.8 Å². The Bertz CT molecular complexity index is 1440. The minimum Gasteiger partial charge on any atom is -0.450 e. The smallest absolute Gasteiger partial charge is 0.293 e. The van der Waals surface area contributed by atoms with Gasteiger partial charge in [-0.1, -0.05) is 42.5 Å². The van der Waals surface area contributed by atoms with E-state index in [1.54, 1.807) is 30.6 Å². The zero-order valence-electron chi connectivity index (χ0n) is 17.7. The number of pyridine rings is 1. The van der Waals surface area contributed by atoms with Gasteiger partial charge in [0.1, 0.15) is 5.58 Å². The molecule has 1 aliphatic heterocycles. The van der Waals surface area contributed by atoms with Gasteiger partial charge in [-0.3, -0.25) is 24.3 Å². The SMILES string of the molecule is Cc1c(C(=O)NCCN2C(=O)S/C(=C/c3cccnc3)C2=O)oc2c1ccc1ccccc12. The van der Waals surface area contributed by atoms with E-state index < -0.39 is 0 Å². The van der Waals surface area contributed by atoms with Crippen molar-refractivity contribution in [1.29, 1.82) is 0 Å². The lowest BCUT2D eigenvalue weighted by Crippen LogP contribution is -2.37. The molecule has 0 bridgehead atoms. The zero-order chi connectivity index (χ0) is 22.9. The lowest BCUT2D eigenvalue weighted by molar-refractivity contribution is -0.122. The van der Waals surface area contributed by atoms with Crippen molar-refractivity contribution in [2.24, 2.45) is 0 Å². The van der Waals surface area contributed by atoms with E-state index in [2.05, 4.69) is 10.3 Å². The maximum absolute atomic E-state index is 12.8. The molecule has 0 radical (unpaired) electrons. The quantitative estimate of drug-likeness (QED) is 0.435. The maximum Gasteiger partial charge on any atom is 0.293 e. The highest BCUT2D eigenvalue weighted by atomic mass is 32.2. The Morgan fingerprint density at radius 3 is 2.79 bits per heavy atom. The van der Waals surface area contributed by atoms with Crippen molar-refractivity contribution >= 4 is 56.6 Å². The van der Waals surface area contributed by atoms with E-state index in [0.717, 1.165) is 43.9 Å². The summed E-state index contributed by atoms with van der Waals surface area (Å²) in [5.74, 6) is -0.535. The highest BCUT2D eigenvalue weighted by molar-refractivity contribution is 8.18. The van der Waals surface area contributed by atoms with Crippen LogP contribution in [0.5, 0.6) is 0 Å². The van der Waals surface area contributed by atoms with Gasteiger partial charge in [0.2, 0.25) is 0 Å². The number of aryl methyl sites for hydroxylation is 1. The number of hydrogen-bond acceptors (Lipinski definition) is 6. The van der Waals surface area contributed by atoms with E-state index >= 15 is 0 Å². The molecule has 0 spiro atoms. The second-order valence-corrected chi connectivity index (χ2v) is 8.59. The molecule has 2 aromatic carbocycles. The van der Waals surface area contributed by atoms with Gasteiger partial charge in [0.15, 0.2) is 5.76 Å². The predicted octanol–water partition coefficient (Wildman–Crippen LogP) is 4.76. The van der Waals surface area contributed by atoms with E-state index in [1.807, 2.05) is 43.3 Å². The van der Waals surface area contributed by atoms with Crippen molar-refractivity contribution in [2.75, 3.05) is 13.1 Å². The minimum absolute atomic E-state index is 0.0724. The molecular formula is C25H19N3O4S. The molecule has 3 heterocycles. The summed E-state index contributed by atoms with van der Waals surface area (Å²) in [5, 5.41) is 5.25. The van der Waals surface area contributed by atoms with Gasteiger partial charge in [-0.15, -0.1) is 0 Å². The lowest BCUT2D eigenvalue weighted by atomic mass is 10.1. The molecule has 0 saturated carbocycles. The molecule has 5 rings (SSSR count). The summed E-state index contributed by atoms with van der Waals surface area (Å²) in [4.78, 5) is 43.2. The van der Waals surface area contributed by atoms with E-state index in [1.165, 1.54) is 0 Å². The molecule has 4 aromatic rings. The molecule has 1 aliphatic rings. The lowest BCUT2D eigenvalue weighted by Gasteiger charge is -2.12. The van der Waals surface area contributed by atoms with Crippen LogP contribution in [0, 0.1) is 6.92 Å². The third-order valence-corrected chi connectivity index (χ3v) is 6.42. The Hall–Kier alpha value is -3.91. The van der Waals surface area contributed by atoms with Crippen LogP contribution in [0.3, 0.4) is 0 Å². The fourth-order valence-corrected chi connectivity index (χ4v) is 4.70. The second-order valence-electron chi connectivity index (χ2n) is 7.60. The number of amides is 3. The number of furan rings is 1. The van der Waals surface area contributed by atoms with Crippen LogP contribution >= 0.6 is 11.8 Å². The van der Waals surface area contributed by atoms with Crippen LogP contribution < -0.4 is 5.32 Å². The van der Waals surface area contributed by atoms with Crippen LogP contribution in [-0.4, -0.2) is 40.0 Å². The van der Waals surface area contributed by atoms with Crippen LogP contribution in [0.25, 0.3) is 27.8 Å². The molecule has 2 aromatic heterocycles. The normalized spacial score (nSPS) is 15.2. The van der Waals surface area contributed by atoms with Gasteiger partial charge in [-0.2, -0.15) is 0 Å². The maximum atomic E-state index is 12.8. The highest BCUT2D eigenvalue weighted by Crippen LogP contribution is 2.33. The van der Waals surface area contributed by atoms with Crippen molar-refractivity contribution in [1.82, 2.24) is 15.2 Å². The average Bonchev–Trinajstić information content (AvgIpc) is 3.31. The number of aromatic nitrogens is 1. The number of nitrogens with zero attached hydrogens (tertiary/aromatic N) is 2. The number of thioether (sulfide) groups is 1. The van der Waals surface area contributed by atoms with Crippen molar-refractivity contribution in [3.63, 3.8) is 0 Å². The largest absolute Gasteiger partial charge is 0.450 e. The first kappa shape index (κ1) is 21.0. The fraction of sp³-hybridized carbons (Fsp3) is 0.120. The number of fused-ring (bicyclic) bond motifs is 3.